The van der Waals surface area contributed by atoms with Gasteiger partial charge in [-0.15, -0.1) is 0 Å². The molecule has 6 heteroatoms. The Bertz CT molecular complexity index is 786. The maximum absolute atomic E-state index is 11.6. The van der Waals surface area contributed by atoms with Crippen LogP contribution in [0.15, 0.2) is 48.5 Å². The Labute approximate surface area is 141 Å². The lowest BCUT2D eigenvalue weighted by Gasteiger charge is -2.31. The van der Waals surface area contributed by atoms with Crippen LogP contribution < -0.4 is 22.2 Å². The van der Waals surface area contributed by atoms with Crippen LogP contribution in [-0.4, -0.2) is 24.5 Å². The second-order valence-electron chi connectivity index (χ2n) is 5.65. The van der Waals surface area contributed by atoms with Crippen LogP contribution in [0, 0.1) is 0 Å². The van der Waals surface area contributed by atoms with Crippen LogP contribution in [0.1, 0.15) is 16.7 Å². The van der Waals surface area contributed by atoms with Crippen LogP contribution in [0.5, 0.6) is 0 Å². The summed E-state index contributed by atoms with van der Waals surface area (Å²) in [6, 6.07) is 15.4. The summed E-state index contributed by atoms with van der Waals surface area (Å²) >= 11 is 0. The fourth-order valence-corrected chi connectivity index (χ4v) is 3.04. The Morgan fingerprint density at radius 2 is 1.75 bits per heavy atom. The molecule has 0 aromatic heterocycles. The first-order valence-corrected chi connectivity index (χ1v) is 7.79. The average molecular weight is 323 g/mol. The van der Waals surface area contributed by atoms with Crippen molar-refractivity contribution < 1.29 is 4.79 Å². The molecule has 3 rings (SSSR count). The van der Waals surface area contributed by atoms with Crippen LogP contribution in [-0.2, 0) is 11.3 Å². The third kappa shape index (κ3) is 2.73. The number of carbonyl (C=O) groups is 1. The first-order chi connectivity index (χ1) is 11.7. The molecule has 6 nitrogen and oxygen atoms in total. The third-order valence-corrected chi connectivity index (χ3v) is 4.16. The highest BCUT2D eigenvalue weighted by molar-refractivity contribution is 5.96. The van der Waals surface area contributed by atoms with Gasteiger partial charge >= 0.3 is 0 Å². The van der Waals surface area contributed by atoms with Crippen molar-refractivity contribution in [2.24, 2.45) is 17.3 Å². The van der Waals surface area contributed by atoms with Crippen molar-refractivity contribution in [3.05, 3.63) is 65.2 Å². The number of benzene rings is 2. The topological polar surface area (TPSA) is 102 Å². The molecule has 0 radical (unpaired) electrons. The quantitative estimate of drug-likeness (QED) is 0.444. The highest BCUT2D eigenvalue weighted by atomic mass is 16.1. The highest BCUT2D eigenvalue weighted by Gasteiger charge is 2.24. The van der Waals surface area contributed by atoms with Crippen LogP contribution in [0.3, 0.4) is 0 Å². The van der Waals surface area contributed by atoms with E-state index in [1.807, 2.05) is 48.5 Å². The van der Waals surface area contributed by atoms with Crippen molar-refractivity contribution in [3.8, 4) is 0 Å². The lowest BCUT2D eigenvalue weighted by atomic mass is 9.96. The van der Waals surface area contributed by atoms with E-state index in [0.29, 0.717) is 25.3 Å². The zero-order valence-corrected chi connectivity index (χ0v) is 13.4. The van der Waals surface area contributed by atoms with Crippen LogP contribution in [0.2, 0.25) is 0 Å². The number of fused-ring (bicyclic) bond motifs is 2. The summed E-state index contributed by atoms with van der Waals surface area (Å²) in [4.78, 5) is 13.3. The second-order valence-corrected chi connectivity index (χ2v) is 5.65. The minimum atomic E-state index is 0.414. The van der Waals surface area contributed by atoms with E-state index in [0.717, 1.165) is 34.5 Å². The van der Waals surface area contributed by atoms with E-state index in [2.05, 4.69) is 0 Å². The lowest BCUT2D eigenvalue weighted by Crippen LogP contribution is -2.37. The number of carbonyl (C=O) groups excluding carboxylic acids is 1. The summed E-state index contributed by atoms with van der Waals surface area (Å²) < 4.78 is 0. The van der Waals surface area contributed by atoms with Crippen molar-refractivity contribution in [2.75, 3.05) is 18.0 Å². The number of hydrogen-bond donors (Lipinski definition) is 3. The summed E-state index contributed by atoms with van der Waals surface area (Å²) in [7, 11) is 0. The smallest absolute Gasteiger partial charge is 0.214 e. The number of rotatable bonds is 4. The standard InChI is InChI=1S/C18H21N5O/c19-9-10-23(21)18-14-6-2-1-5-13(14)11-22(12-24)16-8-4-3-7-15(16)17(18)20/h1-8,12H,9-11,19-21H2/b18-17-. The Morgan fingerprint density at radius 1 is 1.08 bits per heavy atom. The molecule has 124 valence electrons. The van der Waals surface area contributed by atoms with Gasteiger partial charge in [0.05, 0.1) is 23.6 Å². The summed E-state index contributed by atoms with van der Waals surface area (Å²) in [6.45, 7) is 1.34. The molecule has 0 fully saturated rings. The Morgan fingerprint density at radius 3 is 2.46 bits per heavy atom. The van der Waals surface area contributed by atoms with Gasteiger partial charge in [-0.25, -0.2) is 5.84 Å². The molecule has 0 atom stereocenters. The fraction of sp³-hybridized carbons (Fsp3) is 0.167. The Hall–Kier alpha value is -2.83. The number of hydrazine groups is 1. The molecule has 1 aliphatic heterocycles. The maximum atomic E-state index is 11.6. The van der Waals surface area contributed by atoms with Gasteiger partial charge in [0, 0.05) is 24.2 Å². The molecule has 0 bridgehead atoms. The lowest BCUT2D eigenvalue weighted by molar-refractivity contribution is -0.107. The fourth-order valence-electron chi connectivity index (χ4n) is 3.04. The summed E-state index contributed by atoms with van der Waals surface area (Å²) in [6.07, 6.45) is 0.827. The van der Waals surface area contributed by atoms with E-state index in [1.165, 1.54) is 0 Å². The average Bonchev–Trinajstić information content (AvgIpc) is 2.60. The van der Waals surface area contributed by atoms with Crippen molar-refractivity contribution in [1.82, 2.24) is 5.01 Å². The molecule has 6 N–H and O–H groups in total. The second kappa shape index (κ2) is 6.74. The van der Waals surface area contributed by atoms with E-state index in [1.54, 1.807) is 9.91 Å². The molecule has 0 saturated heterocycles. The monoisotopic (exact) mass is 323 g/mol. The van der Waals surface area contributed by atoms with Crippen molar-refractivity contribution in [3.63, 3.8) is 0 Å². The molecule has 24 heavy (non-hydrogen) atoms. The Kier molecular flexibility index (Phi) is 4.50. The van der Waals surface area contributed by atoms with Crippen LogP contribution in [0.4, 0.5) is 5.69 Å². The van der Waals surface area contributed by atoms with Crippen LogP contribution in [0.25, 0.3) is 11.4 Å². The molecule has 1 aliphatic rings. The molecule has 0 saturated carbocycles. The van der Waals surface area contributed by atoms with Gasteiger partial charge in [-0.1, -0.05) is 42.5 Å². The first kappa shape index (κ1) is 16.0. The number of anilines is 1. The first-order valence-electron chi connectivity index (χ1n) is 7.79. The number of para-hydroxylation sites is 1. The van der Waals surface area contributed by atoms with Crippen molar-refractivity contribution in [1.29, 1.82) is 0 Å². The molecule has 1 heterocycles. The van der Waals surface area contributed by atoms with Gasteiger partial charge in [-0.3, -0.25) is 4.79 Å². The zero-order valence-electron chi connectivity index (χ0n) is 13.4. The minimum Gasteiger partial charge on any atom is -0.396 e. The molecule has 2 aromatic rings. The molecule has 0 unspecified atom stereocenters. The van der Waals surface area contributed by atoms with Crippen molar-refractivity contribution >= 4 is 23.5 Å². The normalized spacial score (nSPS) is 16.7. The predicted octanol–water partition coefficient (Wildman–Crippen LogP) is 1.08. The van der Waals surface area contributed by atoms with Gasteiger partial charge < -0.3 is 21.4 Å². The number of amides is 1. The van der Waals surface area contributed by atoms with Gasteiger partial charge in [0.1, 0.15) is 0 Å². The largest absolute Gasteiger partial charge is 0.396 e. The van der Waals surface area contributed by atoms with E-state index in [-0.39, 0.29) is 0 Å². The van der Waals surface area contributed by atoms with Crippen molar-refractivity contribution in [2.45, 2.75) is 6.54 Å². The van der Waals surface area contributed by atoms with Gasteiger partial charge in [0.25, 0.3) is 0 Å². The summed E-state index contributed by atoms with van der Waals surface area (Å²) in [5, 5.41) is 1.58. The van der Waals surface area contributed by atoms with E-state index in [4.69, 9.17) is 17.3 Å². The molecule has 1 amide bonds. The van der Waals surface area contributed by atoms with Gasteiger partial charge in [-0.05, 0) is 11.6 Å². The SMILES string of the molecule is NCCN(N)/C1=C(\N)c2ccccc2N(C=O)Cc2ccccc21. The molecular formula is C18H21N5O. The summed E-state index contributed by atoms with van der Waals surface area (Å²) in [5.41, 5.74) is 16.9. The molecule has 0 spiro atoms. The van der Waals surface area contributed by atoms with Gasteiger partial charge in [-0.2, -0.15) is 0 Å². The van der Waals surface area contributed by atoms with Crippen LogP contribution >= 0.6 is 0 Å². The van der Waals surface area contributed by atoms with E-state index < -0.39 is 0 Å². The van der Waals surface area contributed by atoms with E-state index in [9.17, 15) is 4.79 Å². The zero-order chi connectivity index (χ0) is 17.1. The number of nitrogens with two attached hydrogens (primary N) is 3. The van der Waals surface area contributed by atoms with Gasteiger partial charge in [0.2, 0.25) is 6.41 Å². The molecule has 2 aromatic carbocycles. The Balaban J connectivity index is 2.31. The third-order valence-electron chi connectivity index (χ3n) is 4.16. The molecular weight excluding hydrogens is 302 g/mol. The summed E-state index contributed by atoms with van der Waals surface area (Å²) in [5.74, 6) is 6.24. The molecule has 0 aliphatic carbocycles. The minimum absolute atomic E-state index is 0.414. The van der Waals surface area contributed by atoms with Gasteiger partial charge in [0.15, 0.2) is 0 Å². The maximum Gasteiger partial charge on any atom is 0.214 e. The van der Waals surface area contributed by atoms with E-state index >= 15 is 0 Å². The number of hydrogen-bond acceptors (Lipinski definition) is 5. The highest BCUT2D eigenvalue weighted by Crippen LogP contribution is 2.35. The predicted molar refractivity (Wildman–Crippen MR) is 96.1 cm³/mol. The number of nitrogens with zero attached hydrogens (tertiary/aromatic N) is 2.